The third kappa shape index (κ3) is 12.7. The summed E-state index contributed by atoms with van der Waals surface area (Å²) in [5, 5.41) is 0. The van der Waals surface area contributed by atoms with Crippen LogP contribution in [0.15, 0.2) is 25.3 Å². The highest BCUT2D eigenvalue weighted by Gasteiger charge is 2.04. The first-order valence-electron chi connectivity index (χ1n) is 3.08. The van der Waals surface area contributed by atoms with Crippen LogP contribution in [0.5, 0.6) is 0 Å². The minimum atomic E-state index is -1.67. The average Bonchev–Trinajstić information content (AvgIpc) is 2.08. The Bertz CT molecular complexity index is 80.2. The number of rotatable bonds is 4. The van der Waals surface area contributed by atoms with E-state index in [0.717, 1.165) is 0 Å². The van der Waals surface area contributed by atoms with Crippen molar-refractivity contribution in [2.75, 3.05) is 21.3 Å². The molecule has 0 aliphatic rings. The molecule has 0 aliphatic carbocycles. The average molecular weight is 176 g/mol. The summed E-state index contributed by atoms with van der Waals surface area (Å²) in [5.74, 6) is 0. The maximum Gasteiger partial charge on any atom is 0.483 e. The molecule has 11 heavy (non-hydrogen) atoms. The van der Waals surface area contributed by atoms with Crippen LogP contribution in [0.1, 0.15) is 0 Å². The van der Waals surface area contributed by atoms with Crippen LogP contribution in [0.4, 0.5) is 0 Å². The van der Waals surface area contributed by atoms with Crippen molar-refractivity contribution in [1.82, 2.24) is 0 Å². The molecule has 0 saturated heterocycles. The molecule has 0 rings (SSSR count). The predicted molar refractivity (Wildman–Crippen MR) is 48.6 cm³/mol. The molecule has 0 heterocycles. The van der Waals surface area contributed by atoms with E-state index in [1.165, 1.54) is 0 Å². The van der Waals surface area contributed by atoms with Crippen molar-refractivity contribution in [2.45, 2.75) is 0 Å². The van der Waals surface area contributed by atoms with Crippen LogP contribution in [-0.2, 0) is 13.3 Å². The van der Waals surface area contributed by atoms with Crippen molar-refractivity contribution in [2.24, 2.45) is 0 Å². The molecule has 0 aromatic rings. The summed E-state index contributed by atoms with van der Waals surface area (Å²) in [6.07, 6.45) is 3.28. The first kappa shape index (κ1) is 13.2. The molecule has 0 bridgehead atoms. The number of hydrogen-bond donors (Lipinski definition) is 0. The maximum absolute atomic E-state index is 4.74. The summed E-state index contributed by atoms with van der Waals surface area (Å²) >= 11 is 0. The van der Waals surface area contributed by atoms with E-state index in [4.69, 9.17) is 13.3 Å². The van der Waals surface area contributed by atoms with Gasteiger partial charge in [0.1, 0.15) is 0 Å². The molecule has 0 saturated carbocycles. The van der Waals surface area contributed by atoms with Crippen LogP contribution in [0.25, 0.3) is 0 Å². The van der Waals surface area contributed by atoms with Gasteiger partial charge >= 0.3 is 9.53 Å². The van der Waals surface area contributed by atoms with Crippen molar-refractivity contribution < 1.29 is 13.3 Å². The zero-order chi connectivity index (χ0) is 9.11. The molecule has 0 atom stereocenters. The SMILES string of the molecule is C=CC=C.CO[SiH](OC)OC. The Balaban J connectivity index is 0. The van der Waals surface area contributed by atoms with Gasteiger partial charge in [0.15, 0.2) is 0 Å². The zero-order valence-corrected chi connectivity index (χ0v) is 8.53. The van der Waals surface area contributed by atoms with Crippen LogP contribution in [-0.4, -0.2) is 30.9 Å². The third-order valence-electron chi connectivity index (χ3n) is 0.744. The highest BCUT2D eigenvalue weighted by atomic mass is 28.3. The second kappa shape index (κ2) is 12.3. The fourth-order valence-electron chi connectivity index (χ4n) is 0.289. The van der Waals surface area contributed by atoms with E-state index < -0.39 is 9.53 Å². The molecule has 3 nitrogen and oxygen atoms in total. The van der Waals surface area contributed by atoms with E-state index in [-0.39, 0.29) is 0 Å². The smallest absolute Gasteiger partial charge is 0.379 e. The number of allylic oxidation sites excluding steroid dienone is 2. The zero-order valence-electron chi connectivity index (χ0n) is 7.37. The van der Waals surface area contributed by atoms with Crippen LogP contribution in [0.3, 0.4) is 0 Å². The predicted octanol–water partition coefficient (Wildman–Crippen LogP) is 1.00. The van der Waals surface area contributed by atoms with E-state index in [0.29, 0.717) is 0 Å². The van der Waals surface area contributed by atoms with Crippen molar-refractivity contribution in [1.29, 1.82) is 0 Å². The van der Waals surface area contributed by atoms with Gasteiger partial charge in [-0.25, -0.2) is 0 Å². The largest absolute Gasteiger partial charge is 0.483 e. The van der Waals surface area contributed by atoms with Gasteiger partial charge in [-0.05, 0) is 0 Å². The van der Waals surface area contributed by atoms with E-state index in [9.17, 15) is 0 Å². The lowest BCUT2D eigenvalue weighted by Crippen LogP contribution is -2.21. The Kier molecular flexibility index (Phi) is 14.7. The molecule has 4 heteroatoms. The first-order valence-corrected chi connectivity index (χ1v) is 4.50. The van der Waals surface area contributed by atoms with Gasteiger partial charge < -0.3 is 13.3 Å². The monoisotopic (exact) mass is 176 g/mol. The van der Waals surface area contributed by atoms with Crippen molar-refractivity contribution >= 4 is 9.53 Å². The van der Waals surface area contributed by atoms with E-state index in [1.54, 1.807) is 33.5 Å². The first-order chi connectivity index (χ1) is 5.26. The fraction of sp³-hybridized carbons (Fsp3) is 0.429. The minimum absolute atomic E-state index is 1.57. The second-order valence-electron chi connectivity index (χ2n) is 1.47. The molecule has 0 aromatic heterocycles. The van der Waals surface area contributed by atoms with E-state index in [2.05, 4.69) is 13.2 Å². The van der Waals surface area contributed by atoms with Gasteiger partial charge in [0.2, 0.25) is 0 Å². The van der Waals surface area contributed by atoms with Crippen LogP contribution >= 0.6 is 0 Å². The minimum Gasteiger partial charge on any atom is -0.379 e. The Morgan fingerprint density at radius 3 is 1.18 bits per heavy atom. The van der Waals surface area contributed by atoms with Gasteiger partial charge in [-0.3, -0.25) is 0 Å². The van der Waals surface area contributed by atoms with Crippen molar-refractivity contribution in [3.05, 3.63) is 25.3 Å². The summed E-state index contributed by atoms with van der Waals surface area (Å²) in [6, 6.07) is 0. The Labute approximate surface area is 70.2 Å². The number of hydrogen-bond acceptors (Lipinski definition) is 3. The molecular weight excluding hydrogens is 160 g/mol. The molecule has 0 amide bonds. The molecule has 0 N–H and O–H groups in total. The van der Waals surface area contributed by atoms with Gasteiger partial charge in [-0.1, -0.05) is 25.3 Å². The lowest BCUT2D eigenvalue weighted by atomic mass is 10.6. The lowest BCUT2D eigenvalue weighted by Gasteiger charge is -2.05. The highest BCUT2D eigenvalue weighted by Crippen LogP contribution is 1.81. The van der Waals surface area contributed by atoms with Crippen molar-refractivity contribution in [3.63, 3.8) is 0 Å². The highest BCUT2D eigenvalue weighted by molar-refractivity contribution is 6.36. The van der Waals surface area contributed by atoms with Gasteiger partial charge in [-0.2, -0.15) is 0 Å². The molecule has 0 aromatic carbocycles. The molecule has 0 fully saturated rings. The van der Waals surface area contributed by atoms with Crippen LogP contribution < -0.4 is 0 Å². The summed E-state index contributed by atoms with van der Waals surface area (Å²) in [4.78, 5) is 0. The Morgan fingerprint density at radius 2 is 1.18 bits per heavy atom. The van der Waals surface area contributed by atoms with Gasteiger partial charge in [0, 0.05) is 21.3 Å². The molecule has 0 radical (unpaired) electrons. The lowest BCUT2D eigenvalue weighted by molar-refractivity contribution is 0.163. The second-order valence-corrected chi connectivity index (χ2v) is 3.46. The van der Waals surface area contributed by atoms with Crippen molar-refractivity contribution in [3.8, 4) is 0 Å². The summed E-state index contributed by atoms with van der Waals surface area (Å²) in [7, 11) is 3.05. The van der Waals surface area contributed by atoms with E-state index in [1.807, 2.05) is 0 Å². The Morgan fingerprint density at radius 1 is 0.909 bits per heavy atom. The standard InChI is InChI=1S/C4H6.C3H10O3Si/c1-3-4-2;1-4-7(5-2)6-3/h3-4H,1-2H2;7H,1-3H3. The third-order valence-corrected chi connectivity index (χ3v) is 1.90. The van der Waals surface area contributed by atoms with Crippen LogP contribution in [0.2, 0.25) is 0 Å². The molecule has 0 unspecified atom stereocenters. The maximum atomic E-state index is 4.74. The molecule has 0 aliphatic heterocycles. The van der Waals surface area contributed by atoms with Crippen LogP contribution in [0, 0.1) is 0 Å². The summed E-state index contributed by atoms with van der Waals surface area (Å²) in [5.41, 5.74) is 0. The topological polar surface area (TPSA) is 27.7 Å². The molecule has 66 valence electrons. The molecular formula is C7H16O3Si. The van der Waals surface area contributed by atoms with Gasteiger partial charge in [0.05, 0.1) is 0 Å². The molecule has 0 spiro atoms. The summed E-state index contributed by atoms with van der Waals surface area (Å²) < 4.78 is 14.2. The quantitative estimate of drug-likeness (QED) is 0.472. The van der Waals surface area contributed by atoms with Gasteiger partial charge in [0.25, 0.3) is 0 Å². The Hall–Kier alpha value is -0.423. The van der Waals surface area contributed by atoms with Gasteiger partial charge in [-0.15, -0.1) is 0 Å². The summed E-state index contributed by atoms with van der Waals surface area (Å²) in [6.45, 7) is 6.72. The fourth-order valence-corrected chi connectivity index (χ4v) is 0.866. The van der Waals surface area contributed by atoms with E-state index >= 15 is 0 Å². The normalized spacial score (nSPS) is 8.36.